The second-order valence-electron chi connectivity index (χ2n) is 4.82. The third-order valence-electron chi connectivity index (χ3n) is 3.36. The van der Waals surface area contributed by atoms with Crippen molar-refractivity contribution in [2.24, 2.45) is 0 Å². The maximum absolute atomic E-state index is 12.2. The lowest BCUT2D eigenvalue weighted by Gasteiger charge is -2.18. The second-order valence-corrected chi connectivity index (χ2v) is 4.82. The normalized spacial score (nSPS) is 15.0. The van der Waals surface area contributed by atoms with Crippen molar-refractivity contribution in [3.05, 3.63) is 41.6 Å². The lowest BCUT2D eigenvalue weighted by molar-refractivity contribution is -0.759. The number of carbonyl (C=O) groups is 1. The monoisotopic (exact) mass is 289 g/mol. The van der Waals surface area contributed by atoms with Crippen molar-refractivity contribution in [2.75, 3.05) is 36.6 Å². The first kappa shape index (κ1) is 13.6. The Morgan fingerprint density at radius 1 is 1.33 bits per heavy atom. The summed E-state index contributed by atoms with van der Waals surface area (Å²) < 4.78 is 10.4. The van der Waals surface area contributed by atoms with E-state index in [0.29, 0.717) is 24.7 Å². The number of hydrogen-bond donors (Lipinski definition) is 1. The van der Waals surface area contributed by atoms with Crippen LogP contribution in [0.15, 0.2) is 35.0 Å². The summed E-state index contributed by atoms with van der Waals surface area (Å²) >= 11 is 0. The molecule has 21 heavy (non-hydrogen) atoms. The van der Waals surface area contributed by atoms with Gasteiger partial charge in [0.05, 0.1) is 31.1 Å². The number of ether oxygens (including phenoxy) is 1. The summed E-state index contributed by atoms with van der Waals surface area (Å²) in [5, 5.41) is 8.60. The summed E-state index contributed by atoms with van der Waals surface area (Å²) in [6.45, 7) is 4.68. The molecule has 1 aliphatic rings. The number of nitrogens with zero attached hydrogens (tertiary/aromatic N) is 3. The molecule has 0 radical (unpaired) electrons. The van der Waals surface area contributed by atoms with E-state index in [1.54, 1.807) is 17.1 Å². The number of hydrogen-bond acceptors (Lipinski definition) is 5. The van der Waals surface area contributed by atoms with Crippen molar-refractivity contribution in [3.63, 3.8) is 0 Å². The van der Waals surface area contributed by atoms with Gasteiger partial charge >= 0.3 is 5.88 Å². The fraction of sp³-hybridized carbons (Fsp3) is 0.357. The minimum absolute atomic E-state index is 0.210. The Kier molecular flexibility index (Phi) is 3.83. The highest BCUT2D eigenvalue weighted by Gasteiger charge is 2.23. The number of amides is 1. The summed E-state index contributed by atoms with van der Waals surface area (Å²) in [4.78, 5) is 13.8. The molecule has 1 amide bonds. The van der Waals surface area contributed by atoms with Gasteiger partial charge in [0, 0.05) is 5.56 Å². The third-order valence-corrected chi connectivity index (χ3v) is 3.36. The van der Waals surface area contributed by atoms with E-state index in [1.807, 2.05) is 30.1 Å². The highest BCUT2D eigenvalue weighted by Crippen LogP contribution is 2.10. The van der Waals surface area contributed by atoms with E-state index in [9.17, 15) is 4.79 Å². The van der Waals surface area contributed by atoms with E-state index in [1.165, 1.54) is 0 Å². The number of nitrogens with one attached hydrogen (secondary N) is 1. The summed E-state index contributed by atoms with van der Waals surface area (Å²) in [6, 6.07) is 7.39. The van der Waals surface area contributed by atoms with Gasteiger partial charge in [-0.15, -0.1) is 5.01 Å². The average Bonchev–Trinajstić information content (AvgIpc) is 2.97. The number of carbonyl (C=O) groups excluding carboxylic acids is 1. The molecule has 2 aromatic rings. The first-order valence-electron chi connectivity index (χ1n) is 6.82. The van der Waals surface area contributed by atoms with Gasteiger partial charge in [-0.25, -0.2) is 0 Å². The van der Waals surface area contributed by atoms with Crippen LogP contribution in [-0.2, 0) is 4.74 Å². The Bertz CT molecular complexity index is 635. The van der Waals surface area contributed by atoms with Crippen molar-refractivity contribution >= 4 is 11.8 Å². The Morgan fingerprint density at radius 2 is 2.10 bits per heavy atom. The molecule has 7 heteroatoms. The molecule has 3 rings (SSSR count). The zero-order chi connectivity index (χ0) is 14.7. The van der Waals surface area contributed by atoms with Crippen LogP contribution in [0.2, 0.25) is 0 Å². The molecule has 110 valence electrons. The summed E-state index contributed by atoms with van der Waals surface area (Å²) in [5.74, 6) is 0.105. The van der Waals surface area contributed by atoms with Gasteiger partial charge in [-0.1, -0.05) is 18.2 Å². The number of rotatable bonds is 3. The van der Waals surface area contributed by atoms with Crippen molar-refractivity contribution < 1.29 is 18.8 Å². The van der Waals surface area contributed by atoms with Gasteiger partial charge in [0.25, 0.3) is 12.1 Å². The maximum atomic E-state index is 12.2. The van der Waals surface area contributed by atoms with Gasteiger partial charge in [0.1, 0.15) is 0 Å². The Labute approximate surface area is 122 Å². The zero-order valence-corrected chi connectivity index (χ0v) is 11.8. The van der Waals surface area contributed by atoms with Crippen LogP contribution in [0.25, 0.3) is 0 Å². The van der Waals surface area contributed by atoms with Gasteiger partial charge in [0.15, 0.2) is 0 Å². The predicted molar refractivity (Wildman–Crippen MR) is 74.6 cm³/mol. The van der Waals surface area contributed by atoms with Gasteiger partial charge in [-0.05, 0) is 18.6 Å². The molecular formula is C14H17N4O3+. The largest absolute Gasteiger partial charge is 0.377 e. The van der Waals surface area contributed by atoms with Crippen LogP contribution in [0.1, 0.15) is 15.9 Å². The minimum atomic E-state index is -0.210. The van der Waals surface area contributed by atoms with Crippen molar-refractivity contribution in [2.45, 2.75) is 6.92 Å². The van der Waals surface area contributed by atoms with Gasteiger partial charge in [-0.3, -0.25) is 14.6 Å². The van der Waals surface area contributed by atoms with E-state index >= 15 is 0 Å². The van der Waals surface area contributed by atoms with Crippen molar-refractivity contribution in [1.29, 1.82) is 0 Å². The average molecular weight is 289 g/mol. The lowest BCUT2D eigenvalue weighted by atomic mass is 10.1. The van der Waals surface area contributed by atoms with Crippen molar-refractivity contribution in [1.82, 2.24) is 5.27 Å². The van der Waals surface area contributed by atoms with Crippen LogP contribution in [0.4, 0.5) is 5.88 Å². The zero-order valence-electron chi connectivity index (χ0n) is 11.8. The van der Waals surface area contributed by atoms with E-state index in [4.69, 9.17) is 9.26 Å². The Morgan fingerprint density at radius 3 is 2.86 bits per heavy atom. The molecule has 7 nitrogen and oxygen atoms in total. The molecule has 0 bridgehead atoms. The predicted octanol–water partition coefficient (Wildman–Crippen LogP) is 0.491. The fourth-order valence-corrected chi connectivity index (χ4v) is 2.19. The fourth-order valence-electron chi connectivity index (χ4n) is 2.19. The standard InChI is InChI=1S/C14H16N4O3/c1-11-4-2-3-5-12(11)14(19)15-13-10-18(16-21-13)17-6-8-20-9-7-17/h2-5,10H,6-9H2,1H3/p+1. The molecule has 0 spiro atoms. The molecular weight excluding hydrogens is 272 g/mol. The van der Waals surface area contributed by atoms with Gasteiger partial charge in [0.2, 0.25) is 5.27 Å². The van der Waals surface area contributed by atoms with Crippen LogP contribution in [-0.4, -0.2) is 37.5 Å². The Hall–Kier alpha value is -2.41. The molecule has 1 aromatic carbocycles. The van der Waals surface area contributed by atoms with Gasteiger partial charge < -0.3 is 4.74 Å². The topological polar surface area (TPSA) is 71.5 Å². The quantitative estimate of drug-likeness (QED) is 0.833. The highest BCUT2D eigenvalue weighted by atomic mass is 16.5. The summed E-state index contributed by atoms with van der Waals surface area (Å²) in [7, 11) is 0. The van der Waals surface area contributed by atoms with Crippen LogP contribution in [0.3, 0.4) is 0 Å². The van der Waals surface area contributed by atoms with Crippen LogP contribution < -0.4 is 15.1 Å². The summed E-state index contributed by atoms with van der Waals surface area (Å²) in [6.07, 6.45) is 1.65. The molecule has 0 aliphatic carbocycles. The van der Waals surface area contributed by atoms with Crippen molar-refractivity contribution in [3.8, 4) is 0 Å². The lowest BCUT2D eigenvalue weighted by Crippen LogP contribution is -2.62. The summed E-state index contributed by atoms with van der Waals surface area (Å²) in [5.41, 5.74) is 1.53. The smallest absolute Gasteiger partial charge is 0.306 e. The van der Waals surface area contributed by atoms with E-state index in [2.05, 4.69) is 10.6 Å². The molecule has 0 unspecified atom stereocenters. The van der Waals surface area contributed by atoms with E-state index in [-0.39, 0.29) is 5.91 Å². The molecule has 0 saturated carbocycles. The maximum Gasteiger partial charge on any atom is 0.306 e. The molecule has 0 atom stereocenters. The second kappa shape index (κ2) is 5.92. The highest BCUT2D eigenvalue weighted by molar-refractivity contribution is 6.04. The van der Waals surface area contributed by atoms with Crippen LogP contribution in [0, 0.1) is 6.92 Å². The molecule has 1 saturated heterocycles. The number of anilines is 1. The molecule has 1 N–H and O–H groups in total. The van der Waals surface area contributed by atoms with Crippen LogP contribution in [0.5, 0.6) is 0 Å². The SMILES string of the molecule is Cc1ccccc1C(=O)Nc1c[n+](N2CCOCC2)no1. The van der Waals surface area contributed by atoms with E-state index in [0.717, 1.165) is 18.7 Å². The third kappa shape index (κ3) is 3.03. The number of benzene rings is 1. The van der Waals surface area contributed by atoms with Crippen LogP contribution >= 0.6 is 0 Å². The van der Waals surface area contributed by atoms with E-state index < -0.39 is 0 Å². The molecule has 1 aliphatic heterocycles. The molecule has 1 fully saturated rings. The molecule has 2 heterocycles. The molecule has 1 aromatic heterocycles. The first-order valence-corrected chi connectivity index (χ1v) is 6.82. The number of morpholine rings is 1. The Balaban J connectivity index is 1.69. The minimum Gasteiger partial charge on any atom is -0.377 e. The first-order chi connectivity index (χ1) is 10.2. The number of aryl methyl sites for hydroxylation is 1. The number of aromatic nitrogens is 2. The van der Waals surface area contributed by atoms with Gasteiger partial charge in [-0.2, -0.15) is 0 Å².